The van der Waals surface area contributed by atoms with Gasteiger partial charge in [0.1, 0.15) is 28.6 Å². The highest BCUT2D eigenvalue weighted by Crippen LogP contribution is 2.36. The molecule has 4 rings (SSSR count). The molecule has 0 amide bonds. The quantitative estimate of drug-likeness (QED) is 0.308. The summed E-state index contributed by atoms with van der Waals surface area (Å²) >= 11 is 0. The van der Waals surface area contributed by atoms with E-state index in [1.165, 1.54) is 25.8 Å². The van der Waals surface area contributed by atoms with E-state index in [9.17, 15) is 9.59 Å². The summed E-state index contributed by atoms with van der Waals surface area (Å²) in [5.41, 5.74) is 2.67. The van der Waals surface area contributed by atoms with Crippen LogP contribution < -0.4 is 18.9 Å². The second-order valence-corrected chi connectivity index (χ2v) is 7.12. The van der Waals surface area contributed by atoms with Crippen LogP contribution in [0.3, 0.4) is 0 Å². The van der Waals surface area contributed by atoms with E-state index in [1.54, 1.807) is 36.4 Å². The summed E-state index contributed by atoms with van der Waals surface area (Å²) in [7, 11) is 2.92. The van der Waals surface area contributed by atoms with E-state index in [4.69, 9.17) is 18.9 Å². The molecule has 0 bridgehead atoms. The first-order valence-electron chi connectivity index (χ1n) is 10.1. The Kier molecular flexibility index (Phi) is 5.94. The number of esters is 1. The van der Waals surface area contributed by atoms with Gasteiger partial charge in [0.05, 0.1) is 19.8 Å². The molecule has 0 atom stereocenters. The van der Waals surface area contributed by atoms with E-state index in [0.717, 1.165) is 12.0 Å². The smallest absolute Gasteiger partial charge is 0.351 e. The third-order valence-electron chi connectivity index (χ3n) is 5.17. The van der Waals surface area contributed by atoms with Gasteiger partial charge in [-0.1, -0.05) is 37.3 Å². The van der Waals surface area contributed by atoms with Gasteiger partial charge in [-0.25, -0.2) is 4.79 Å². The van der Waals surface area contributed by atoms with E-state index < -0.39 is 5.97 Å². The summed E-state index contributed by atoms with van der Waals surface area (Å²) < 4.78 is 21.8. The second-order valence-electron chi connectivity index (χ2n) is 7.12. The number of hydrogen-bond donors (Lipinski definition) is 0. The number of rotatable bonds is 6. The predicted octanol–water partition coefficient (Wildman–Crippen LogP) is 5.10. The van der Waals surface area contributed by atoms with Crippen LogP contribution in [0.15, 0.2) is 66.4 Å². The maximum atomic E-state index is 12.8. The Labute approximate surface area is 186 Å². The zero-order chi connectivity index (χ0) is 22.7. The fourth-order valence-electron chi connectivity index (χ4n) is 3.44. The minimum Gasteiger partial charge on any atom is -0.496 e. The summed E-state index contributed by atoms with van der Waals surface area (Å²) in [6.45, 7) is 2.09. The lowest BCUT2D eigenvalue weighted by Crippen LogP contribution is -2.12. The minimum atomic E-state index is -0.643. The number of carbonyl (C=O) groups is 2. The third-order valence-corrected chi connectivity index (χ3v) is 5.17. The average molecular weight is 430 g/mol. The van der Waals surface area contributed by atoms with Gasteiger partial charge in [0.25, 0.3) is 0 Å². The fourth-order valence-corrected chi connectivity index (χ4v) is 3.44. The molecule has 3 aromatic carbocycles. The SMILES string of the molecule is CCc1ccc(C=C2Oc3cc(OC(=O)c4c(OC)cccc4OC)ccc3C2=O)cc1. The van der Waals surface area contributed by atoms with Crippen LogP contribution >= 0.6 is 0 Å². The number of ketones is 1. The Morgan fingerprint density at radius 2 is 1.66 bits per heavy atom. The first kappa shape index (κ1) is 21.2. The van der Waals surface area contributed by atoms with Crippen molar-refractivity contribution in [2.75, 3.05) is 14.2 Å². The molecule has 0 aromatic heterocycles. The minimum absolute atomic E-state index is 0.172. The lowest BCUT2D eigenvalue weighted by atomic mass is 10.1. The zero-order valence-electron chi connectivity index (χ0n) is 18.0. The van der Waals surface area contributed by atoms with Crippen molar-refractivity contribution < 1.29 is 28.5 Å². The monoisotopic (exact) mass is 430 g/mol. The summed E-state index contributed by atoms with van der Waals surface area (Å²) in [6, 6.07) is 17.6. The van der Waals surface area contributed by atoms with Crippen LogP contribution in [-0.2, 0) is 6.42 Å². The number of fused-ring (bicyclic) bond motifs is 1. The van der Waals surface area contributed by atoms with Gasteiger partial charge in [0.15, 0.2) is 5.76 Å². The zero-order valence-corrected chi connectivity index (χ0v) is 18.0. The number of Topliss-reactive ketones (excluding diaryl/α,β-unsaturated/α-hetero) is 1. The molecule has 1 aliphatic rings. The Balaban J connectivity index is 1.57. The molecule has 0 N–H and O–H groups in total. The number of benzene rings is 3. The average Bonchev–Trinajstić information content (AvgIpc) is 3.13. The number of hydrogen-bond acceptors (Lipinski definition) is 6. The van der Waals surface area contributed by atoms with E-state index in [-0.39, 0.29) is 22.9 Å². The maximum absolute atomic E-state index is 12.8. The number of ether oxygens (including phenoxy) is 4. The van der Waals surface area contributed by atoms with Crippen LogP contribution in [0, 0.1) is 0 Å². The lowest BCUT2D eigenvalue weighted by Gasteiger charge is -2.12. The van der Waals surface area contributed by atoms with E-state index >= 15 is 0 Å². The molecule has 162 valence electrons. The molecular weight excluding hydrogens is 408 g/mol. The Morgan fingerprint density at radius 3 is 2.28 bits per heavy atom. The van der Waals surface area contributed by atoms with Gasteiger partial charge in [0.2, 0.25) is 5.78 Å². The molecule has 0 radical (unpaired) electrons. The fraction of sp³-hybridized carbons (Fsp3) is 0.154. The van der Waals surface area contributed by atoms with Crippen molar-refractivity contribution in [2.24, 2.45) is 0 Å². The van der Waals surface area contributed by atoms with Crippen molar-refractivity contribution in [3.8, 4) is 23.0 Å². The molecule has 0 spiro atoms. The molecule has 0 saturated carbocycles. The molecule has 0 unspecified atom stereocenters. The van der Waals surface area contributed by atoms with Crippen molar-refractivity contribution in [2.45, 2.75) is 13.3 Å². The molecular formula is C26H22O6. The standard InChI is InChI=1S/C26H22O6/c1-4-16-8-10-17(11-9-16)14-23-25(27)19-13-12-18(15-22(19)32-23)31-26(28)24-20(29-2)6-5-7-21(24)30-3/h5-15H,4H2,1-3H3. The molecule has 32 heavy (non-hydrogen) atoms. The molecule has 3 aromatic rings. The van der Waals surface area contributed by atoms with Crippen molar-refractivity contribution in [3.63, 3.8) is 0 Å². The van der Waals surface area contributed by atoms with Gasteiger partial charge in [-0.05, 0) is 47.9 Å². The Bertz CT molecular complexity index is 1190. The first-order chi connectivity index (χ1) is 15.5. The first-order valence-corrected chi connectivity index (χ1v) is 10.1. The summed E-state index contributed by atoms with van der Waals surface area (Å²) in [5, 5.41) is 0. The molecule has 0 aliphatic carbocycles. The van der Waals surface area contributed by atoms with Crippen molar-refractivity contribution in [1.29, 1.82) is 0 Å². The number of carbonyl (C=O) groups excluding carboxylic acids is 2. The predicted molar refractivity (Wildman–Crippen MR) is 120 cm³/mol. The molecule has 6 heteroatoms. The molecule has 0 saturated heterocycles. The highest BCUT2D eigenvalue weighted by atomic mass is 16.5. The van der Waals surface area contributed by atoms with Crippen molar-refractivity contribution >= 4 is 17.8 Å². The Hall–Kier alpha value is -4.06. The molecule has 1 aliphatic heterocycles. The summed E-state index contributed by atoms with van der Waals surface area (Å²) in [6.07, 6.45) is 2.65. The number of aryl methyl sites for hydroxylation is 1. The summed E-state index contributed by atoms with van der Waals surface area (Å²) in [5.74, 6) is 0.604. The van der Waals surface area contributed by atoms with Crippen LogP contribution in [0.4, 0.5) is 0 Å². The van der Waals surface area contributed by atoms with E-state index in [2.05, 4.69) is 6.92 Å². The van der Waals surface area contributed by atoms with Crippen molar-refractivity contribution in [1.82, 2.24) is 0 Å². The largest absolute Gasteiger partial charge is 0.496 e. The van der Waals surface area contributed by atoms with E-state index in [1.807, 2.05) is 24.3 Å². The highest BCUT2D eigenvalue weighted by Gasteiger charge is 2.28. The van der Waals surface area contributed by atoms with Gasteiger partial charge < -0.3 is 18.9 Å². The number of allylic oxidation sites excluding steroid dienone is 1. The lowest BCUT2D eigenvalue weighted by molar-refractivity contribution is 0.0727. The van der Waals surface area contributed by atoms with Gasteiger partial charge in [0, 0.05) is 6.07 Å². The van der Waals surface area contributed by atoms with Crippen LogP contribution in [0.1, 0.15) is 38.8 Å². The van der Waals surface area contributed by atoms with Crippen LogP contribution in [0.25, 0.3) is 6.08 Å². The maximum Gasteiger partial charge on any atom is 0.351 e. The van der Waals surface area contributed by atoms with Gasteiger partial charge in [-0.3, -0.25) is 4.79 Å². The third kappa shape index (κ3) is 4.07. The molecule has 6 nitrogen and oxygen atoms in total. The van der Waals surface area contributed by atoms with Crippen molar-refractivity contribution in [3.05, 3.63) is 88.7 Å². The van der Waals surface area contributed by atoms with Crippen LogP contribution in [0.5, 0.6) is 23.0 Å². The van der Waals surface area contributed by atoms with Gasteiger partial charge in [-0.2, -0.15) is 0 Å². The molecule has 0 fully saturated rings. The van der Waals surface area contributed by atoms with Gasteiger partial charge >= 0.3 is 5.97 Å². The topological polar surface area (TPSA) is 71.1 Å². The Morgan fingerprint density at radius 1 is 0.969 bits per heavy atom. The highest BCUT2D eigenvalue weighted by molar-refractivity contribution is 6.14. The van der Waals surface area contributed by atoms with Crippen LogP contribution in [-0.4, -0.2) is 26.0 Å². The van der Waals surface area contributed by atoms with Gasteiger partial charge in [-0.15, -0.1) is 0 Å². The van der Waals surface area contributed by atoms with Crippen LogP contribution in [0.2, 0.25) is 0 Å². The molecule has 1 heterocycles. The summed E-state index contributed by atoms with van der Waals surface area (Å²) in [4.78, 5) is 25.5. The normalized spacial score (nSPS) is 13.5. The second kappa shape index (κ2) is 8.98. The van der Waals surface area contributed by atoms with E-state index in [0.29, 0.717) is 22.8 Å². The number of methoxy groups -OCH3 is 2.